The molecule has 2 amide bonds. The SMILES string of the molecule is CCNC(=O)Nc1nc2cccc(C#Cc3ccccn3)c2s1. The van der Waals surface area contributed by atoms with Gasteiger partial charge in [-0.2, -0.15) is 0 Å². The number of hydrogen-bond acceptors (Lipinski definition) is 4. The van der Waals surface area contributed by atoms with E-state index in [2.05, 4.69) is 32.4 Å². The van der Waals surface area contributed by atoms with Gasteiger partial charge in [-0.25, -0.2) is 14.8 Å². The van der Waals surface area contributed by atoms with Gasteiger partial charge < -0.3 is 5.32 Å². The van der Waals surface area contributed by atoms with Crippen LogP contribution in [0.1, 0.15) is 18.2 Å². The number of pyridine rings is 1. The average molecular weight is 322 g/mol. The lowest BCUT2D eigenvalue weighted by Crippen LogP contribution is -2.28. The fourth-order valence-corrected chi connectivity index (χ4v) is 2.90. The topological polar surface area (TPSA) is 66.9 Å². The van der Waals surface area contributed by atoms with Crippen LogP contribution in [0.3, 0.4) is 0 Å². The molecule has 0 fully saturated rings. The van der Waals surface area contributed by atoms with Crippen LogP contribution in [0.2, 0.25) is 0 Å². The molecule has 0 spiro atoms. The molecule has 0 bridgehead atoms. The maximum absolute atomic E-state index is 11.6. The molecule has 0 aliphatic heterocycles. The summed E-state index contributed by atoms with van der Waals surface area (Å²) in [6.45, 7) is 2.43. The highest BCUT2D eigenvalue weighted by atomic mass is 32.1. The maximum Gasteiger partial charge on any atom is 0.321 e. The summed E-state index contributed by atoms with van der Waals surface area (Å²) in [7, 11) is 0. The third kappa shape index (κ3) is 3.65. The summed E-state index contributed by atoms with van der Waals surface area (Å²) in [6, 6.07) is 11.1. The van der Waals surface area contributed by atoms with E-state index in [1.165, 1.54) is 11.3 Å². The number of hydrogen-bond donors (Lipinski definition) is 2. The van der Waals surface area contributed by atoms with E-state index in [1.54, 1.807) is 6.20 Å². The van der Waals surface area contributed by atoms with Gasteiger partial charge in [0.1, 0.15) is 5.69 Å². The number of nitrogens with zero attached hydrogens (tertiary/aromatic N) is 2. The van der Waals surface area contributed by atoms with Crippen LogP contribution < -0.4 is 10.6 Å². The minimum atomic E-state index is -0.257. The summed E-state index contributed by atoms with van der Waals surface area (Å²) in [4.78, 5) is 20.2. The zero-order valence-electron chi connectivity index (χ0n) is 12.5. The van der Waals surface area contributed by atoms with Crippen LogP contribution in [0.4, 0.5) is 9.93 Å². The van der Waals surface area contributed by atoms with Crippen molar-refractivity contribution in [1.82, 2.24) is 15.3 Å². The molecule has 1 aromatic carbocycles. The number of rotatable bonds is 2. The fraction of sp³-hybridized carbons (Fsp3) is 0.118. The molecule has 3 aromatic rings. The Kier molecular flexibility index (Phi) is 4.50. The van der Waals surface area contributed by atoms with Crippen molar-refractivity contribution in [1.29, 1.82) is 0 Å². The summed E-state index contributed by atoms with van der Waals surface area (Å²) in [6.07, 6.45) is 1.71. The Bertz CT molecular complexity index is 893. The van der Waals surface area contributed by atoms with E-state index in [0.29, 0.717) is 11.7 Å². The number of anilines is 1. The largest absolute Gasteiger partial charge is 0.338 e. The van der Waals surface area contributed by atoms with Gasteiger partial charge in [-0.05, 0) is 37.1 Å². The molecule has 2 aromatic heterocycles. The third-order valence-corrected chi connectivity index (χ3v) is 3.98. The van der Waals surface area contributed by atoms with Crippen molar-refractivity contribution in [2.75, 3.05) is 11.9 Å². The highest BCUT2D eigenvalue weighted by Gasteiger charge is 2.09. The Balaban J connectivity index is 1.91. The number of nitrogens with one attached hydrogen (secondary N) is 2. The molecule has 5 nitrogen and oxygen atoms in total. The van der Waals surface area contributed by atoms with Crippen molar-refractivity contribution in [3.8, 4) is 11.8 Å². The Hall–Kier alpha value is -2.91. The van der Waals surface area contributed by atoms with Gasteiger partial charge in [0.25, 0.3) is 0 Å². The molecule has 0 radical (unpaired) electrons. The van der Waals surface area contributed by atoms with Gasteiger partial charge in [-0.3, -0.25) is 5.32 Å². The van der Waals surface area contributed by atoms with E-state index < -0.39 is 0 Å². The lowest BCUT2D eigenvalue weighted by atomic mass is 10.2. The molecule has 2 heterocycles. The number of urea groups is 1. The van der Waals surface area contributed by atoms with E-state index in [4.69, 9.17) is 0 Å². The van der Waals surface area contributed by atoms with E-state index in [1.807, 2.05) is 43.3 Å². The number of carbonyl (C=O) groups excluding carboxylic acids is 1. The van der Waals surface area contributed by atoms with Gasteiger partial charge in [0.15, 0.2) is 5.13 Å². The normalized spacial score (nSPS) is 9.96. The van der Waals surface area contributed by atoms with Crippen molar-refractivity contribution < 1.29 is 4.79 Å². The molecule has 0 atom stereocenters. The van der Waals surface area contributed by atoms with Crippen molar-refractivity contribution >= 4 is 32.7 Å². The Morgan fingerprint density at radius 1 is 1.22 bits per heavy atom. The van der Waals surface area contributed by atoms with Crippen molar-refractivity contribution in [2.45, 2.75) is 6.92 Å². The molecule has 3 rings (SSSR count). The van der Waals surface area contributed by atoms with Crippen LogP contribution in [-0.2, 0) is 0 Å². The van der Waals surface area contributed by atoms with Crippen molar-refractivity contribution in [3.63, 3.8) is 0 Å². The number of amides is 2. The van der Waals surface area contributed by atoms with Crippen LogP contribution in [0.25, 0.3) is 10.2 Å². The van der Waals surface area contributed by atoms with Crippen molar-refractivity contribution in [2.24, 2.45) is 0 Å². The van der Waals surface area contributed by atoms with E-state index in [9.17, 15) is 4.79 Å². The number of fused-ring (bicyclic) bond motifs is 1. The summed E-state index contributed by atoms with van der Waals surface area (Å²) in [5.74, 6) is 6.17. The predicted molar refractivity (Wildman–Crippen MR) is 92.5 cm³/mol. The second-order valence-electron chi connectivity index (χ2n) is 4.62. The molecule has 0 unspecified atom stereocenters. The minimum absolute atomic E-state index is 0.257. The molecule has 2 N–H and O–H groups in total. The highest BCUT2D eigenvalue weighted by molar-refractivity contribution is 7.22. The van der Waals surface area contributed by atoms with Gasteiger partial charge >= 0.3 is 6.03 Å². The summed E-state index contributed by atoms with van der Waals surface area (Å²) < 4.78 is 0.947. The number of aromatic nitrogens is 2. The molecule has 23 heavy (non-hydrogen) atoms. The van der Waals surface area contributed by atoms with Gasteiger partial charge in [-0.15, -0.1) is 0 Å². The van der Waals surface area contributed by atoms with E-state index in [-0.39, 0.29) is 6.03 Å². The molecule has 0 saturated heterocycles. The summed E-state index contributed by atoms with van der Waals surface area (Å²) in [5.41, 5.74) is 2.40. The van der Waals surface area contributed by atoms with Crippen LogP contribution in [0.15, 0.2) is 42.6 Å². The lowest BCUT2D eigenvalue weighted by Gasteiger charge is -2.00. The zero-order valence-corrected chi connectivity index (χ0v) is 13.3. The number of carbonyl (C=O) groups is 1. The monoisotopic (exact) mass is 322 g/mol. The van der Waals surface area contributed by atoms with Crippen molar-refractivity contribution in [3.05, 3.63) is 53.9 Å². The Labute approximate surface area is 137 Å². The Morgan fingerprint density at radius 3 is 2.91 bits per heavy atom. The highest BCUT2D eigenvalue weighted by Crippen LogP contribution is 2.28. The first-order valence-corrected chi connectivity index (χ1v) is 7.95. The van der Waals surface area contributed by atoms with E-state index >= 15 is 0 Å². The Morgan fingerprint density at radius 2 is 2.13 bits per heavy atom. The summed E-state index contributed by atoms with van der Waals surface area (Å²) in [5, 5.41) is 5.96. The number of thiazole rings is 1. The van der Waals surface area contributed by atoms with Crippen LogP contribution in [0, 0.1) is 11.8 Å². The van der Waals surface area contributed by atoms with Gasteiger partial charge in [-0.1, -0.05) is 29.4 Å². The quantitative estimate of drug-likeness (QED) is 0.712. The second kappa shape index (κ2) is 6.90. The molecule has 0 aliphatic rings. The average Bonchev–Trinajstić information content (AvgIpc) is 2.97. The first-order valence-electron chi connectivity index (χ1n) is 7.13. The molecule has 0 aliphatic carbocycles. The minimum Gasteiger partial charge on any atom is -0.338 e. The predicted octanol–water partition coefficient (Wildman–Crippen LogP) is 3.23. The van der Waals surface area contributed by atoms with E-state index in [0.717, 1.165) is 21.5 Å². The van der Waals surface area contributed by atoms with Gasteiger partial charge in [0.05, 0.1) is 10.2 Å². The maximum atomic E-state index is 11.6. The fourth-order valence-electron chi connectivity index (χ4n) is 1.97. The summed E-state index contributed by atoms with van der Waals surface area (Å²) >= 11 is 1.41. The molecular formula is C17H14N4OS. The second-order valence-corrected chi connectivity index (χ2v) is 5.62. The van der Waals surface area contributed by atoms with Crippen LogP contribution in [-0.4, -0.2) is 22.5 Å². The van der Waals surface area contributed by atoms with Crippen LogP contribution in [0.5, 0.6) is 0 Å². The zero-order chi connectivity index (χ0) is 16.1. The van der Waals surface area contributed by atoms with Gasteiger partial charge in [0.2, 0.25) is 0 Å². The lowest BCUT2D eigenvalue weighted by molar-refractivity contribution is 0.252. The third-order valence-electron chi connectivity index (χ3n) is 2.96. The number of benzene rings is 1. The first-order chi connectivity index (χ1) is 11.3. The standard InChI is InChI=1S/C17H14N4OS/c1-2-18-16(22)21-17-20-14-8-5-6-12(15(14)23-17)9-10-13-7-3-4-11-19-13/h3-8,11H,2H2,1H3,(H2,18,20,21,22). The molecule has 6 heteroatoms. The molecule has 114 valence electrons. The first kappa shape index (κ1) is 15.0. The van der Waals surface area contributed by atoms with Crippen LogP contribution >= 0.6 is 11.3 Å². The smallest absolute Gasteiger partial charge is 0.321 e. The van der Waals surface area contributed by atoms with Gasteiger partial charge in [0, 0.05) is 18.3 Å². The molecule has 0 saturated carbocycles. The molecular weight excluding hydrogens is 308 g/mol.